The van der Waals surface area contributed by atoms with Gasteiger partial charge in [0.15, 0.2) is 0 Å². The van der Waals surface area contributed by atoms with E-state index < -0.39 is 23.8 Å². The van der Waals surface area contributed by atoms with Gasteiger partial charge in [-0.3, -0.25) is 19.4 Å². The van der Waals surface area contributed by atoms with E-state index in [0.29, 0.717) is 21.4 Å². The molecule has 0 N–H and O–H groups in total. The smallest absolute Gasteiger partial charge is 0.338 e. The molecule has 4 amide bonds. The molecule has 29 heavy (non-hydrogen) atoms. The summed E-state index contributed by atoms with van der Waals surface area (Å²) in [7, 11) is 2.59. The van der Waals surface area contributed by atoms with Crippen molar-refractivity contribution in [3.63, 3.8) is 0 Å². The Morgan fingerprint density at radius 1 is 1.10 bits per heavy atom. The Bertz CT molecular complexity index is 1030. The maximum Gasteiger partial charge on any atom is 0.338 e. The predicted octanol–water partition coefficient (Wildman–Crippen LogP) is 3.32. The third-order valence-corrected chi connectivity index (χ3v) is 4.79. The second-order valence-electron chi connectivity index (χ2n) is 6.18. The molecule has 0 saturated carbocycles. The van der Waals surface area contributed by atoms with Crippen LogP contribution in [0.1, 0.15) is 23.0 Å². The number of nitrogens with zero attached hydrogens (tertiary/aromatic N) is 2. The molecule has 0 radical (unpaired) electrons. The van der Waals surface area contributed by atoms with Crippen molar-refractivity contribution in [1.82, 2.24) is 9.80 Å². The van der Waals surface area contributed by atoms with Gasteiger partial charge in [-0.05, 0) is 43.3 Å². The highest BCUT2D eigenvalue weighted by Crippen LogP contribution is 2.30. The van der Waals surface area contributed by atoms with Gasteiger partial charge in [0.2, 0.25) is 0 Å². The van der Waals surface area contributed by atoms with E-state index >= 15 is 0 Å². The summed E-state index contributed by atoms with van der Waals surface area (Å²) in [5, 5.41) is 0. The van der Waals surface area contributed by atoms with Gasteiger partial charge in [0, 0.05) is 24.1 Å². The van der Waals surface area contributed by atoms with Crippen LogP contribution in [0, 0.1) is 0 Å². The number of amides is 4. The average Bonchev–Trinajstić information content (AvgIpc) is 3.16. The minimum Gasteiger partial charge on any atom is -0.462 e. The maximum atomic E-state index is 12.3. The lowest BCUT2D eigenvalue weighted by Crippen LogP contribution is -2.52. The van der Waals surface area contributed by atoms with E-state index in [9.17, 15) is 19.2 Å². The van der Waals surface area contributed by atoms with Crippen LogP contribution in [0.5, 0.6) is 0 Å². The zero-order valence-electron chi connectivity index (χ0n) is 15.9. The normalized spacial score (nSPS) is 14.5. The molecule has 9 heteroatoms. The van der Waals surface area contributed by atoms with Gasteiger partial charge >= 0.3 is 12.0 Å². The number of carbonyl (C=O) groups is 4. The molecule has 0 atom stereocenters. The van der Waals surface area contributed by atoms with Crippen molar-refractivity contribution >= 4 is 45.8 Å². The van der Waals surface area contributed by atoms with Crippen LogP contribution in [0.25, 0.3) is 17.4 Å². The second kappa shape index (κ2) is 8.04. The Labute approximate surface area is 174 Å². The number of hydrogen-bond donors (Lipinski definition) is 0. The monoisotopic (exact) mass is 460 g/mol. The topological polar surface area (TPSA) is 97.1 Å². The molecule has 0 unspecified atom stereocenters. The van der Waals surface area contributed by atoms with Crippen molar-refractivity contribution in [3.8, 4) is 11.3 Å². The number of furan rings is 1. The van der Waals surface area contributed by atoms with E-state index in [-0.39, 0.29) is 17.9 Å². The predicted molar refractivity (Wildman–Crippen MR) is 107 cm³/mol. The van der Waals surface area contributed by atoms with Crippen molar-refractivity contribution in [3.05, 3.63) is 51.7 Å². The van der Waals surface area contributed by atoms with Gasteiger partial charge in [-0.15, -0.1) is 0 Å². The quantitative estimate of drug-likeness (QED) is 0.394. The Balaban J connectivity index is 1.99. The molecule has 8 nitrogen and oxygen atoms in total. The van der Waals surface area contributed by atoms with Crippen molar-refractivity contribution in [2.75, 3.05) is 20.7 Å². The first kappa shape index (κ1) is 20.5. The summed E-state index contributed by atoms with van der Waals surface area (Å²) < 4.78 is 11.5. The summed E-state index contributed by atoms with van der Waals surface area (Å²) >= 11 is 3.33. The van der Waals surface area contributed by atoms with Crippen molar-refractivity contribution in [1.29, 1.82) is 0 Å². The van der Waals surface area contributed by atoms with Crippen LogP contribution in [0.15, 0.2) is 44.8 Å². The number of urea groups is 1. The van der Waals surface area contributed by atoms with Gasteiger partial charge in [-0.1, -0.05) is 15.9 Å². The highest BCUT2D eigenvalue weighted by molar-refractivity contribution is 9.10. The average molecular weight is 461 g/mol. The SMILES string of the molecule is CCOC(=O)c1cc(Br)ccc1-c1ccc(C=C2C(=O)N(C)C(=O)N(C)C2=O)o1. The van der Waals surface area contributed by atoms with Gasteiger partial charge in [0.1, 0.15) is 17.1 Å². The number of benzene rings is 1. The molecule has 1 saturated heterocycles. The number of carbonyl (C=O) groups excluding carboxylic acids is 4. The Kier molecular flexibility index (Phi) is 5.69. The fraction of sp³-hybridized carbons (Fsp3) is 0.200. The Hall–Kier alpha value is -3.20. The van der Waals surface area contributed by atoms with Crippen molar-refractivity contribution < 1.29 is 28.3 Å². The van der Waals surface area contributed by atoms with Crippen molar-refractivity contribution in [2.45, 2.75) is 6.92 Å². The fourth-order valence-corrected chi connectivity index (χ4v) is 3.16. The first-order chi connectivity index (χ1) is 13.7. The zero-order chi connectivity index (χ0) is 21.3. The molecule has 0 aliphatic carbocycles. The molecule has 3 rings (SSSR count). The lowest BCUT2D eigenvalue weighted by Gasteiger charge is -2.28. The summed E-state index contributed by atoms with van der Waals surface area (Å²) in [6.45, 7) is 1.94. The third kappa shape index (κ3) is 3.86. The first-order valence-electron chi connectivity index (χ1n) is 8.63. The number of ether oxygens (including phenoxy) is 1. The van der Waals surface area contributed by atoms with E-state index in [1.807, 2.05) is 0 Å². The summed E-state index contributed by atoms with van der Waals surface area (Å²) in [6, 6.07) is 7.56. The van der Waals surface area contributed by atoms with Crippen LogP contribution < -0.4 is 0 Å². The summed E-state index contributed by atoms with van der Waals surface area (Å²) in [5.41, 5.74) is 0.614. The zero-order valence-corrected chi connectivity index (χ0v) is 17.5. The molecule has 2 aromatic rings. The molecule has 0 bridgehead atoms. The van der Waals surface area contributed by atoms with Crippen LogP contribution in [0.2, 0.25) is 0 Å². The van der Waals surface area contributed by atoms with Gasteiger partial charge in [0.05, 0.1) is 12.2 Å². The molecule has 0 spiro atoms. The minimum atomic E-state index is -0.716. The molecule has 1 aromatic carbocycles. The van der Waals surface area contributed by atoms with Crippen LogP contribution in [-0.4, -0.2) is 54.3 Å². The molecule has 2 heterocycles. The number of hydrogen-bond acceptors (Lipinski definition) is 6. The number of rotatable bonds is 4. The molecule has 1 aromatic heterocycles. The summed E-state index contributed by atoms with van der Waals surface area (Å²) in [5.74, 6) is -1.34. The number of imide groups is 2. The molecule has 150 valence electrons. The molecular weight excluding hydrogens is 444 g/mol. The molecule has 1 fully saturated rings. The maximum absolute atomic E-state index is 12.3. The van der Waals surface area contributed by atoms with Crippen LogP contribution in [-0.2, 0) is 14.3 Å². The van der Waals surface area contributed by atoms with E-state index in [2.05, 4.69) is 15.9 Å². The number of barbiturate groups is 1. The van der Waals surface area contributed by atoms with Crippen LogP contribution >= 0.6 is 15.9 Å². The lowest BCUT2D eigenvalue weighted by atomic mass is 10.1. The van der Waals surface area contributed by atoms with Gasteiger partial charge in [0.25, 0.3) is 11.8 Å². The van der Waals surface area contributed by atoms with Crippen LogP contribution in [0.3, 0.4) is 0 Å². The van der Waals surface area contributed by atoms with Gasteiger partial charge in [-0.2, -0.15) is 0 Å². The molecule has 1 aliphatic rings. The number of halogens is 1. The fourth-order valence-electron chi connectivity index (χ4n) is 2.80. The molecule has 1 aliphatic heterocycles. The Morgan fingerprint density at radius 2 is 1.76 bits per heavy atom. The highest BCUT2D eigenvalue weighted by Gasteiger charge is 2.38. The largest absolute Gasteiger partial charge is 0.462 e. The first-order valence-corrected chi connectivity index (χ1v) is 9.42. The number of esters is 1. The van der Waals surface area contributed by atoms with E-state index in [4.69, 9.17) is 9.15 Å². The third-order valence-electron chi connectivity index (χ3n) is 4.30. The minimum absolute atomic E-state index is 0.197. The van der Waals surface area contributed by atoms with E-state index in [1.165, 1.54) is 20.2 Å². The standard InChI is InChI=1S/C20H17BrN2O6/c1-4-28-19(26)14-9-11(21)5-7-13(14)16-8-6-12(29-16)10-15-17(24)22(2)20(27)23(3)18(15)25/h5-10H,4H2,1-3H3. The summed E-state index contributed by atoms with van der Waals surface area (Å²) in [6.07, 6.45) is 1.27. The van der Waals surface area contributed by atoms with Crippen molar-refractivity contribution in [2.24, 2.45) is 0 Å². The lowest BCUT2D eigenvalue weighted by molar-refractivity contribution is -0.134. The summed E-state index contributed by atoms with van der Waals surface area (Å²) in [4.78, 5) is 50.4. The highest BCUT2D eigenvalue weighted by atomic mass is 79.9. The van der Waals surface area contributed by atoms with Gasteiger partial charge < -0.3 is 9.15 Å². The van der Waals surface area contributed by atoms with E-state index in [0.717, 1.165) is 9.80 Å². The van der Waals surface area contributed by atoms with Crippen LogP contribution in [0.4, 0.5) is 4.79 Å². The van der Waals surface area contributed by atoms with E-state index in [1.54, 1.807) is 37.3 Å². The van der Waals surface area contributed by atoms with Gasteiger partial charge in [-0.25, -0.2) is 9.59 Å². The number of likely N-dealkylation sites (N-methyl/N-ethyl adjacent to an activating group) is 2. The second-order valence-corrected chi connectivity index (χ2v) is 7.10. The molecular formula is C20H17BrN2O6. The Morgan fingerprint density at radius 3 is 2.38 bits per heavy atom.